The monoisotopic (exact) mass is 523 g/mol. The topological polar surface area (TPSA) is 88.8 Å². The van der Waals surface area contributed by atoms with Gasteiger partial charge in [-0.25, -0.2) is 4.79 Å². The summed E-state index contributed by atoms with van der Waals surface area (Å²) in [5.41, 5.74) is 4.87. The fourth-order valence-electron chi connectivity index (χ4n) is 4.60. The lowest BCUT2D eigenvalue weighted by Crippen LogP contribution is -2.04. The molecule has 0 atom stereocenters. The molecule has 0 aliphatic rings. The Balaban J connectivity index is 1.47. The summed E-state index contributed by atoms with van der Waals surface area (Å²) in [7, 11) is 0. The summed E-state index contributed by atoms with van der Waals surface area (Å²) in [5, 5.41) is 19.3. The van der Waals surface area contributed by atoms with Crippen molar-refractivity contribution in [3.63, 3.8) is 0 Å². The summed E-state index contributed by atoms with van der Waals surface area (Å²) in [6, 6.07) is 26.1. The van der Waals surface area contributed by atoms with Gasteiger partial charge in [-0.3, -0.25) is 4.79 Å². The minimum Gasteiger partial charge on any atom is -0.494 e. The zero-order valence-corrected chi connectivity index (χ0v) is 21.8. The lowest BCUT2D eigenvalue weighted by molar-refractivity contribution is -0.137. The van der Waals surface area contributed by atoms with E-state index in [0.29, 0.717) is 19.6 Å². The van der Waals surface area contributed by atoms with Gasteiger partial charge in [-0.05, 0) is 67.2 Å². The standard InChI is InChI=1S/C33H33NO5/c35-32(36)14-8-23-34-30-13-5-4-12-28(30)29(20-22-33(37)38)31(34)21-17-26-15-18-27(19-16-26)39-24-7-6-11-25-9-2-1-3-10-25/h1-5,9-10,12-13,15-22H,6-8,11,14,23-24H2,(H,35,36)(H,37,38)/b21-17+,22-20+. The number of fused-ring (bicyclic) bond motifs is 1. The molecule has 4 aromatic rings. The first-order chi connectivity index (χ1) is 19.0. The first-order valence-electron chi connectivity index (χ1n) is 13.2. The smallest absolute Gasteiger partial charge is 0.328 e. The van der Waals surface area contributed by atoms with Crippen molar-refractivity contribution in [1.82, 2.24) is 4.57 Å². The number of benzene rings is 3. The number of aryl methyl sites for hydroxylation is 2. The predicted molar refractivity (Wildman–Crippen MR) is 156 cm³/mol. The molecule has 0 fully saturated rings. The van der Waals surface area contributed by atoms with Crippen molar-refractivity contribution in [3.8, 4) is 5.75 Å². The van der Waals surface area contributed by atoms with Crippen LogP contribution in [0, 0.1) is 0 Å². The molecule has 0 spiro atoms. The molecule has 39 heavy (non-hydrogen) atoms. The third kappa shape index (κ3) is 7.95. The number of hydrogen-bond donors (Lipinski definition) is 2. The zero-order chi connectivity index (χ0) is 27.5. The van der Waals surface area contributed by atoms with Crippen molar-refractivity contribution in [1.29, 1.82) is 0 Å². The Morgan fingerprint density at radius 1 is 0.795 bits per heavy atom. The van der Waals surface area contributed by atoms with Crippen molar-refractivity contribution in [2.24, 2.45) is 0 Å². The highest BCUT2D eigenvalue weighted by Crippen LogP contribution is 2.30. The third-order valence-electron chi connectivity index (χ3n) is 6.50. The number of rotatable bonds is 14. The van der Waals surface area contributed by atoms with Gasteiger partial charge in [0.15, 0.2) is 0 Å². The van der Waals surface area contributed by atoms with Gasteiger partial charge in [0.2, 0.25) is 0 Å². The summed E-state index contributed by atoms with van der Waals surface area (Å²) in [4.78, 5) is 22.4. The Hall–Kier alpha value is -4.58. The second-order valence-electron chi connectivity index (χ2n) is 9.33. The first-order valence-corrected chi connectivity index (χ1v) is 13.2. The Morgan fingerprint density at radius 3 is 2.28 bits per heavy atom. The van der Waals surface area contributed by atoms with Crippen LogP contribution in [0.3, 0.4) is 0 Å². The van der Waals surface area contributed by atoms with E-state index in [2.05, 4.69) is 28.8 Å². The predicted octanol–water partition coefficient (Wildman–Crippen LogP) is 7.18. The maximum Gasteiger partial charge on any atom is 0.328 e. The highest BCUT2D eigenvalue weighted by atomic mass is 16.5. The molecule has 3 aromatic carbocycles. The molecular weight excluding hydrogens is 490 g/mol. The van der Waals surface area contributed by atoms with Crippen molar-refractivity contribution >= 4 is 41.1 Å². The van der Waals surface area contributed by atoms with E-state index < -0.39 is 11.9 Å². The molecule has 0 aliphatic carbocycles. The number of ether oxygens (including phenoxy) is 1. The largest absolute Gasteiger partial charge is 0.494 e. The van der Waals surface area contributed by atoms with Crippen LogP contribution in [0.25, 0.3) is 29.1 Å². The highest BCUT2D eigenvalue weighted by molar-refractivity contribution is 5.98. The minimum atomic E-state index is -1.02. The van der Waals surface area contributed by atoms with E-state index in [1.165, 1.54) is 5.56 Å². The molecule has 6 heteroatoms. The van der Waals surface area contributed by atoms with Crippen LogP contribution >= 0.6 is 0 Å². The van der Waals surface area contributed by atoms with Crippen LogP contribution < -0.4 is 4.74 Å². The highest BCUT2D eigenvalue weighted by Gasteiger charge is 2.14. The molecule has 6 nitrogen and oxygen atoms in total. The van der Waals surface area contributed by atoms with Crippen molar-refractivity contribution in [2.45, 2.75) is 38.6 Å². The van der Waals surface area contributed by atoms with Crippen LogP contribution in [0.1, 0.15) is 48.1 Å². The van der Waals surface area contributed by atoms with E-state index in [9.17, 15) is 14.7 Å². The summed E-state index contributed by atoms with van der Waals surface area (Å²) < 4.78 is 7.98. The molecule has 2 N–H and O–H groups in total. The average Bonchev–Trinajstić information content (AvgIpc) is 3.24. The average molecular weight is 524 g/mol. The normalized spacial score (nSPS) is 11.5. The molecule has 0 unspecified atom stereocenters. The maximum absolute atomic E-state index is 11.3. The molecule has 0 bridgehead atoms. The summed E-state index contributed by atoms with van der Waals surface area (Å²) in [5.74, 6) is -1.05. The molecule has 1 heterocycles. The van der Waals surface area contributed by atoms with Crippen LogP contribution in [-0.2, 0) is 22.6 Å². The van der Waals surface area contributed by atoms with Crippen molar-refractivity contribution in [3.05, 3.63) is 107 Å². The van der Waals surface area contributed by atoms with E-state index in [1.54, 1.807) is 6.08 Å². The summed E-state index contributed by atoms with van der Waals surface area (Å²) >= 11 is 0. The second-order valence-corrected chi connectivity index (χ2v) is 9.33. The van der Waals surface area contributed by atoms with Crippen LogP contribution in [0.2, 0.25) is 0 Å². The molecule has 0 saturated heterocycles. The van der Waals surface area contributed by atoms with Gasteiger partial charge in [0, 0.05) is 41.2 Å². The zero-order valence-electron chi connectivity index (χ0n) is 21.8. The first kappa shape index (κ1) is 27.5. The van der Waals surface area contributed by atoms with Crippen LogP contribution in [0.4, 0.5) is 0 Å². The number of aliphatic carboxylic acids is 2. The molecule has 0 aliphatic heterocycles. The third-order valence-corrected chi connectivity index (χ3v) is 6.50. The quantitative estimate of drug-likeness (QED) is 0.135. The minimum absolute atomic E-state index is 0.0592. The number of aromatic nitrogens is 1. The number of carboxylic acid groups (broad SMARTS) is 2. The van der Waals surface area contributed by atoms with E-state index >= 15 is 0 Å². The van der Waals surface area contributed by atoms with E-state index in [4.69, 9.17) is 9.84 Å². The molecule has 1 aromatic heterocycles. The van der Waals surface area contributed by atoms with Crippen molar-refractivity contribution < 1.29 is 24.5 Å². The van der Waals surface area contributed by atoms with Gasteiger partial charge in [0.05, 0.1) is 6.61 Å². The molecule has 0 saturated carbocycles. The van der Waals surface area contributed by atoms with E-state index in [1.807, 2.05) is 66.7 Å². The second kappa shape index (κ2) is 13.8. The maximum atomic E-state index is 11.3. The number of carboxylic acids is 2. The SMILES string of the molecule is O=C(O)/C=C/c1c(/C=C/c2ccc(OCCCCc3ccccc3)cc2)n(CCCC(=O)O)c2ccccc12. The van der Waals surface area contributed by atoms with E-state index in [-0.39, 0.29) is 6.42 Å². The fraction of sp³-hybridized carbons (Fsp3) is 0.212. The van der Waals surface area contributed by atoms with Gasteiger partial charge < -0.3 is 19.5 Å². The van der Waals surface area contributed by atoms with Gasteiger partial charge in [-0.2, -0.15) is 0 Å². The van der Waals surface area contributed by atoms with Gasteiger partial charge in [0.1, 0.15) is 5.75 Å². The van der Waals surface area contributed by atoms with Crippen LogP contribution in [0.5, 0.6) is 5.75 Å². The van der Waals surface area contributed by atoms with Gasteiger partial charge >= 0.3 is 11.9 Å². The number of carbonyl (C=O) groups is 2. The molecule has 0 radical (unpaired) electrons. The molecule has 200 valence electrons. The van der Waals surface area contributed by atoms with Crippen LogP contribution in [-0.4, -0.2) is 33.3 Å². The summed E-state index contributed by atoms with van der Waals surface area (Å²) in [6.45, 7) is 1.17. The summed E-state index contributed by atoms with van der Waals surface area (Å²) in [6.07, 6.45) is 10.3. The molecular formula is C33H33NO5. The molecule has 0 amide bonds. The van der Waals surface area contributed by atoms with Gasteiger partial charge in [0.25, 0.3) is 0 Å². The lowest BCUT2D eigenvalue weighted by Gasteiger charge is -2.09. The van der Waals surface area contributed by atoms with Crippen molar-refractivity contribution in [2.75, 3.05) is 6.61 Å². The lowest BCUT2D eigenvalue weighted by atomic mass is 10.1. The number of hydrogen-bond acceptors (Lipinski definition) is 3. The number of para-hydroxylation sites is 1. The van der Waals surface area contributed by atoms with Gasteiger partial charge in [-0.15, -0.1) is 0 Å². The molecule has 4 rings (SSSR count). The number of unbranched alkanes of at least 4 members (excludes halogenated alkanes) is 1. The van der Waals surface area contributed by atoms with Crippen LogP contribution in [0.15, 0.2) is 84.9 Å². The number of nitrogens with zero attached hydrogens (tertiary/aromatic N) is 1. The Morgan fingerprint density at radius 2 is 1.54 bits per heavy atom. The Bertz CT molecular complexity index is 1450. The van der Waals surface area contributed by atoms with E-state index in [0.717, 1.165) is 58.8 Å². The Kier molecular flexibility index (Phi) is 9.73. The van der Waals surface area contributed by atoms with Gasteiger partial charge in [-0.1, -0.05) is 66.7 Å². The Labute approximate surface area is 228 Å². The fourth-order valence-corrected chi connectivity index (χ4v) is 4.60.